The zero-order valence-electron chi connectivity index (χ0n) is 18.9. The maximum absolute atomic E-state index is 12.6. The van der Waals surface area contributed by atoms with E-state index in [1.165, 1.54) is 40.9 Å². The van der Waals surface area contributed by atoms with Crippen molar-refractivity contribution in [1.29, 1.82) is 0 Å². The minimum atomic E-state index is -0.222. The zero-order chi connectivity index (χ0) is 22.9. The number of carbonyl (C=O) groups excluding carboxylic acids is 1. The second-order valence-corrected chi connectivity index (χ2v) is 10.5. The Morgan fingerprint density at radius 2 is 2.03 bits per heavy atom. The summed E-state index contributed by atoms with van der Waals surface area (Å²) < 4.78 is 5.70. The zero-order valence-corrected chi connectivity index (χ0v) is 21.3. The fraction of sp³-hybridized carbons (Fsp3) is 0.385. The molecule has 5 rings (SSSR count). The van der Waals surface area contributed by atoms with E-state index in [2.05, 4.69) is 69.4 Å². The number of nitrogens with zero attached hydrogens (tertiary/aromatic N) is 3. The van der Waals surface area contributed by atoms with Crippen molar-refractivity contribution in [3.8, 4) is 0 Å². The molecule has 5 nitrogen and oxygen atoms in total. The number of rotatable bonds is 6. The van der Waals surface area contributed by atoms with Crippen molar-refractivity contribution in [3.63, 3.8) is 0 Å². The predicted octanol–water partition coefficient (Wildman–Crippen LogP) is 6.36. The Morgan fingerprint density at radius 3 is 2.76 bits per heavy atom. The van der Waals surface area contributed by atoms with Crippen molar-refractivity contribution in [2.45, 2.75) is 49.7 Å². The number of halogens is 1. The SMILES string of the molecule is C[C@@H](OC(=O)CSC1=NN(C)C(Br)N1c1ccc(C2CC2)c2ccccc12)C1=CC=CCC1. The van der Waals surface area contributed by atoms with Crippen molar-refractivity contribution in [2.75, 3.05) is 17.7 Å². The molecule has 1 unspecified atom stereocenters. The monoisotopic (exact) mass is 525 g/mol. The normalized spacial score (nSPS) is 21.2. The van der Waals surface area contributed by atoms with E-state index < -0.39 is 0 Å². The largest absolute Gasteiger partial charge is 0.457 e. The van der Waals surface area contributed by atoms with E-state index in [0.29, 0.717) is 5.92 Å². The van der Waals surface area contributed by atoms with E-state index in [1.54, 1.807) is 0 Å². The predicted molar refractivity (Wildman–Crippen MR) is 141 cm³/mol. The van der Waals surface area contributed by atoms with Crippen LogP contribution < -0.4 is 4.90 Å². The molecule has 7 heteroatoms. The first-order chi connectivity index (χ1) is 16.0. The molecule has 172 valence electrons. The van der Waals surface area contributed by atoms with E-state index >= 15 is 0 Å². The maximum atomic E-state index is 12.6. The summed E-state index contributed by atoms with van der Waals surface area (Å²) >= 11 is 5.20. The van der Waals surface area contributed by atoms with Crippen molar-refractivity contribution < 1.29 is 9.53 Å². The van der Waals surface area contributed by atoms with Crippen LogP contribution in [-0.4, -0.2) is 40.1 Å². The molecule has 2 aromatic rings. The molecule has 1 aliphatic heterocycles. The molecule has 1 fully saturated rings. The molecule has 1 saturated carbocycles. The lowest BCUT2D eigenvalue weighted by atomic mass is 9.99. The van der Waals surface area contributed by atoms with Crippen LogP contribution in [0.25, 0.3) is 10.8 Å². The number of esters is 1. The number of amidine groups is 1. The lowest BCUT2D eigenvalue weighted by Gasteiger charge is -2.27. The van der Waals surface area contributed by atoms with Crippen molar-refractivity contribution in [1.82, 2.24) is 5.01 Å². The summed E-state index contributed by atoms with van der Waals surface area (Å²) in [6, 6.07) is 13.1. The average molecular weight is 527 g/mol. The quantitative estimate of drug-likeness (QED) is 0.249. The summed E-state index contributed by atoms with van der Waals surface area (Å²) in [6.45, 7) is 1.95. The van der Waals surface area contributed by atoms with Crippen LogP contribution in [0.3, 0.4) is 0 Å². The van der Waals surface area contributed by atoms with Gasteiger partial charge in [0.1, 0.15) is 6.10 Å². The third-order valence-electron chi connectivity index (χ3n) is 6.38. The van der Waals surface area contributed by atoms with Crippen LogP contribution in [0.5, 0.6) is 0 Å². The number of carbonyl (C=O) groups is 1. The van der Waals surface area contributed by atoms with Gasteiger partial charge in [0.2, 0.25) is 0 Å². The highest BCUT2D eigenvalue weighted by Crippen LogP contribution is 2.46. The fourth-order valence-corrected chi connectivity index (χ4v) is 5.94. The molecule has 0 aromatic heterocycles. The highest BCUT2D eigenvalue weighted by molar-refractivity contribution is 9.09. The summed E-state index contributed by atoms with van der Waals surface area (Å²) in [5, 5.41) is 9.76. The van der Waals surface area contributed by atoms with Gasteiger partial charge in [-0.25, -0.2) is 0 Å². The molecular formula is C26H28BrN3O2S. The first kappa shape index (κ1) is 22.5. The highest BCUT2D eigenvalue weighted by atomic mass is 79.9. The van der Waals surface area contributed by atoms with Gasteiger partial charge in [-0.3, -0.25) is 14.7 Å². The van der Waals surface area contributed by atoms with Crippen LogP contribution >= 0.6 is 27.7 Å². The average Bonchev–Trinajstić information content (AvgIpc) is 3.64. The molecule has 2 aromatic carbocycles. The van der Waals surface area contributed by atoms with Crippen LogP contribution in [0.2, 0.25) is 0 Å². The molecule has 0 amide bonds. The molecule has 33 heavy (non-hydrogen) atoms. The summed E-state index contributed by atoms with van der Waals surface area (Å²) in [7, 11) is 1.93. The Morgan fingerprint density at radius 1 is 1.24 bits per heavy atom. The van der Waals surface area contributed by atoms with E-state index in [0.717, 1.165) is 29.3 Å². The molecule has 0 bridgehead atoms. The van der Waals surface area contributed by atoms with Crippen LogP contribution in [0.4, 0.5) is 5.69 Å². The van der Waals surface area contributed by atoms with E-state index in [4.69, 9.17) is 9.84 Å². The number of alkyl halides is 1. The lowest BCUT2D eigenvalue weighted by molar-refractivity contribution is -0.143. The van der Waals surface area contributed by atoms with Gasteiger partial charge in [0, 0.05) is 12.4 Å². The maximum Gasteiger partial charge on any atom is 0.316 e. The second kappa shape index (κ2) is 9.55. The number of hydrogen-bond donors (Lipinski definition) is 0. The summed E-state index contributed by atoms with van der Waals surface area (Å²) in [6.07, 6.45) is 10.5. The van der Waals surface area contributed by atoms with Gasteiger partial charge in [-0.2, -0.15) is 0 Å². The Kier molecular flexibility index (Phi) is 6.52. The molecule has 0 radical (unpaired) electrons. The molecule has 2 aliphatic carbocycles. The Labute approximate surface area is 207 Å². The standard InChI is InChI=1S/C26H28BrN3O2S/c1-17(18-8-4-3-5-9-18)32-24(31)16-33-26-28-29(2)25(27)30(26)23-15-14-20(19-12-13-19)21-10-6-7-11-22(21)23/h3-4,6-8,10-11,14-15,17,19,25H,5,9,12-13,16H2,1-2H3/t17-,25?/m1/s1. The van der Waals surface area contributed by atoms with Gasteiger partial charge in [0.25, 0.3) is 0 Å². The number of anilines is 1. The van der Waals surface area contributed by atoms with Crippen LogP contribution in [0, 0.1) is 0 Å². The van der Waals surface area contributed by atoms with Crippen molar-refractivity contribution in [3.05, 3.63) is 65.8 Å². The van der Waals surface area contributed by atoms with Gasteiger partial charge in [-0.05, 0) is 77.0 Å². The smallest absolute Gasteiger partial charge is 0.316 e. The fourth-order valence-electron chi connectivity index (χ4n) is 4.46. The summed E-state index contributed by atoms with van der Waals surface area (Å²) in [5.74, 6) is 0.674. The van der Waals surface area contributed by atoms with Gasteiger partial charge >= 0.3 is 5.97 Å². The van der Waals surface area contributed by atoms with Crippen LogP contribution in [-0.2, 0) is 9.53 Å². The van der Waals surface area contributed by atoms with Crippen molar-refractivity contribution in [2.24, 2.45) is 5.10 Å². The molecule has 2 atom stereocenters. The molecule has 1 heterocycles. The van der Waals surface area contributed by atoms with Gasteiger partial charge in [0.05, 0.1) is 11.4 Å². The molecular weight excluding hydrogens is 498 g/mol. The van der Waals surface area contributed by atoms with E-state index in [9.17, 15) is 4.79 Å². The number of thioether (sulfide) groups is 1. The first-order valence-electron chi connectivity index (χ1n) is 11.5. The number of fused-ring (bicyclic) bond motifs is 1. The Balaban J connectivity index is 1.34. The molecule has 0 saturated heterocycles. The van der Waals surface area contributed by atoms with E-state index in [-0.39, 0.29) is 22.9 Å². The number of hydrogen-bond acceptors (Lipinski definition) is 6. The van der Waals surface area contributed by atoms with Gasteiger partial charge in [-0.1, -0.05) is 60.3 Å². The third-order valence-corrected chi connectivity index (χ3v) is 8.30. The number of ether oxygens (including phenoxy) is 1. The summed E-state index contributed by atoms with van der Waals surface area (Å²) in [4.78, 5) is 14.8. The molecule has 3 aliphatic rings. The van der Waals surface area contributed by atoms with Crippen molar-refractivity contribution >= 4 is 55.3 Å². The first-order valence-corrected chi connectivity index (χ1v) is 13.4. The van der Waals surface area contributed by atoms with Gasteiger partial charge < -0.3 is 4.74 Å². The third kappa shape index (κ3) is 4.71. The van der Waals surface area contributed by atoms with Gasteiger partial charge in [-0.15, -0.1) is 5.10 Å². The second-order valence-electron chi connectivity index (χ2n) is 8.76. The van der Waals surface area contributed by atoms with Crippen LogP contribution in [0.15, 0.2) is 65.3 Å². The number of benzene rings is 2. The summed E-state index contributed by atoms with van der Waals surface area (Å²) in [5.41, 5.74) is 3.69. The highest BCUT2D eigenvalue weighted by Gasteiger charge is 2.34. The van der Waals surface area contributed by atoms with Gasteiger partial charge in [0.15, 0.2) is 10.2 Å². The number of allylic oxidation sites excluding steroid dienone is 3. The Hall–Kier alpha value is -2.25. The topological polar surface area (TPSA) is 45.1 Å². The minimum Gasteiger partial charge on any atom is -0.457 e. The van der Waals surface area contributed by atoms with E-state index in [1.807, 2.05) is 25.1 Å². The molecule has 0 spiro atoms. The molecule has 0 N–H and O–H groups in total. The Bertz CT molecular complexity index is 1160. The number of hydrazone groups is 1. The minimum absolute atomic E-state index is 0.121. The van der Waals surface area contributed by atoms with Crippen LogP contribution in [0.1, 0.15) is 44.1 Å². The lowest BCUT2D eigenvalue weighted by Crippen LogP contribution is -2.36.